The molecule has 2 heterocycles. The number of piperazine rings is 1. The van der Waals surface area contributed by atoms with E-state index in [1.54, 1.807) is 6.07 Å². The number of hydrogen-bond donors (Lipinski definition) is 1. The van der Waals surface area contributed by atoms with Gasteiger partial charge in [-0.25, -0.2) is 9.38 Å². The molecule has 3 aromatic carbocycles. The summed E-state index contributed by atoms with van der Waals surface area (Å²) >= 11 is 0. The highest BCUT2D eigenvalue weighted by Gasteiger charge is 2.39. The van der Waals surface area contributed by atoms with Crippen LogP contribution < -0.4 is 9.80 Å². The standard InChI is InChI=1S/C28H26F4N4O2.ClH/c1-18-5-2-7-20(15-18)34-11-13-35(14-12-34)27-33-26-22(9-4-10-23(26)29)24(17-25(37)38)36(27)21-8-3-6-19(16-21)28(30,31)32;/h2-10,15-16,24H,11-14,17H2,1H3,(H,37,38);1H. The molecule has 1 atom stereocenters. The average molecular weight is 563 g/mol. The number of carboxylic acids is 1. The fourth-order valence-corrected chi connectivity index (χ4v) is 5.06. The van der Waals surface area contributed by atoms with E-state index in [1.807, 2.05) is 30.0 Å². The predicted octanol–water partition coefficient (Wildman–Crippen LogP) is 6.42. The van der Waals surface area contributed by atoms with Crippen LogP contribution in [-0.2, 0) is 11.0 Å². The summed E-state index contributed by atoms with van der Waals surface area (Å²) in [5, 5.41) is 9.73. The Hall–Kier alpha value is -3.79. The number of benzene rings is 3. The van der Waals surface area contributed by atoms with Crippen LogP contribution in [0.15, 0.2) is 71.7 Å². The number of aliphatic carboxylic acids is 1. The molecule has 206 valence electrons. The second-order valence-corrected chi connectivity index (χ2v) is 9.43. The van der Waals surface area contributed by atoms with E-state index < -0.39 is 36.0 Å². The monoisotopic (exact) mass is 562 g/mol. The third-order valence-corrected chi connectivity index (χ3v) is 6.86. The van der Waals surface area contributed by atoms with Crippen molar-refractivity contribution in [3.05, 3.63) is 89.2 Å². The van der Waals surface area contributed by atoms with Crippen LogP contribution in [0, 0.1) is 12.7 Å². The molecule has 0 amide bonds. The molecule has 0 aromatic heterocycles. The maximum atomic E-state index is 14.9. The minimum atomic E-state index is -4.59. The van der Waals surface area contributed by atoms with Crippen LogP contribution in [0.2, 0.25) is 0 Å². The van der Waals surface area contributed by atoms with Crippen molar-refractivity contribution in [2.24, 2.45) is 4.99 Å². The lowest BCUT2D eigenvalue weighted by atomic mass is 9.97. The number of hydrogen-bond acceptors (Lipinski definition) is 5. The van der Waals surface area contributed by atoms with Crippen LogP contribution in [0.25, 0.3) is 0 Å². The number of guanidine groups is 1. The molecule has 0 saturated carbocycles. The third kappa shape index (κ3) is 5.80. The van der Waals surface area contributed by atoms with E-state index in [0.717, 1.165) is 23.4 Å². The van der Waals surface area contributed by atoms with Gasteiger partial charge in [-0.3, -0.25) is 4.79 Å². The van der Waals surface area contributed by atoms with Crippen molar-refractivity contribution in [3.8, 4) is 0 Å². The Morgan fingerprint density at radius 3 is 2.26 bits per heavy atom. The van der Waals surface area contributed by atoms with Crippen molar-refractivity contribution in [3.63, 3.8) is 0 Å². The highest BCUT2D eigenvalue weighted by atomic mass is 35.5. The van der Waals surface area contributed by atoms with Gasteiger partial charge >= 0.3 is 12.1 Å². The molecule has 11 heteroatoms. The average Bonchev–Trinajstić information content (AvgIpc) is 2.88. The first-order chi connectivity index (χ1) is 18.1. The number of anilines is 2. The molecule has 1 unspecified atom stereocenters. The first kappa shape index (κ1) is 28.2. The maximum Gasteiger partial charge on any atom is 0.416 e. The number of alkyl halides is 3. The summed E-state index contributed by atoms with van der Waals surface area (Å²) in [4.78, 5) is 22.1. The summed E-state index contributed by atoms with van der Waals surface area (Å²) in [6.45, 7) is 4.15. The Bertz CT molecular complexity index is 1390. The Kier molecular flexibility index (Phi) is 8.06. The van der Waals surface area contributed by atoms with Crippen molar-refractivity contribution in [1.82, 2.24) is 4.90 Å². The minimum Gasteiger partial charge on any atom is -0.481 e. The Morgan fingerprint density at radius 2 is 1.59 bits per heavy atom. The van der Waals surface area contributed by atoms with E-state index in [9.17, 15) is 27.5 Å². The number of carbonyl (C=O) groups is 1. The molecular formula is C28H27ClF4N4O2. The molecule has 1 N–H and O–H groups in total. The zero-order valence-electron chi connectivity index (χ0n) is 21.0. The third-order valence-electron chi connectivity index (χ3n) is 6.86. The lowest BCUT2D eigenvalue weighted by molar-refractivity contribution is -0.138. The highest BCUT2D eigenvalue weighted by Crippen LogP contribution is 2.43. The number of aliphatic imine (C=N–C) groups is 1. The number of para-hydroxylation sites is 1. The number of aryl methyl sites for hydroxylation is 1. The van der Waals surface area contributed by atoms with Gasteiger partial charge in [-0.1, -0.05) is 30.3 Å². The SMILES string of the molecule is Cc1cccc(N2CCN(C3=Nc4c(F)cccc4C(CC(=O)O)N3c3cccc(C(F)(F)F)c3)CC2)c1.Cl. The van der Waals surface area contributed by atoms with Gasteiger partial charge in [-0.05, 0) is 48.9 Å². The molecule has 5 rings (SSSR count). The highest BCUT2D eigenvalue weighted by molar-refractivity contribution is 6.01. The summed E-state index contributed by atoms with van der Waals surface area (Å²) in [5.41, 5.74) is 1.79. The summed E-state index contributed by atoms with van der Waals surface area (Å²) in [5.74, 6) is -1.54. The van der Waals surface area contributed by atoms with E-state index in [-0.39, 0.29) is 29.7 Å². The lowest BCUT2D eigenvalue weighted by Gasteiger charge is -2.45. The predicted molar refractivity (Wildman–Crippen MR) is 145 cm³/mol. The molecule has 6 nitrogen and oxygen atoms in total. The van der Waals surface area contributed by atoms with E-state index >= 15 is 0 Å². The zero-order valence-corrected chi connectivity index (χ0v) is 21.8. The molecule has 2 aliphatic rings. The van der Waals surface area contributed by atoms with Crippen molar-refractivity contribution < 1.29 is 27.5 Å². The van der Waals surface area contributed by atoms with Crippen LogP contribution in [0.4, 0.5) is 34.6 Å². The van der Waals surface area contributed by atoms with Gasteiger partial charge in [0.15, 0.2) is 0 Å². The lowest BCUT2D eigenvalue weighted by Crippen LogP contribution is -2.55. The summed E-state index contributed by atoms with van der Waals surface area (Å²) in [6.07, 6.45) is -5.04. The second kappa shape index (κ2) is 11.1. The summed E-state index contributed by atoms with van der Waals surface area (Å²) in [7, 11) is 0. The largest absolute Gasteiger partial charge is 0.481 e. The van der Waals surface area contributed by atoms with Crippen LogP contribution in [0.3, 0.4) is 0 Å². The van der Waals surface area contributed by atoms with Crippen molar-refractivity contribution >= 4 is 41.4 Å². The topological polar surface area (TPSA) is 59.4 Å². The van der Waals surface area contributed by atoms with Crippen molar-refractivity contribution in [2.75, 3.05) is 36.0 Å². The van der Waals surface area contributed by atoms with Gasteiger partial charge in [-0.2, -0.15) is 13.2 Å². The summed E-state index contributed by atoms with van der Waals surface area (Å²) in [6, 6.07) is 16.1. The van der Waals surface area contributed by atoms with Gasteiger partial charge < -0.3 is 19.8 Å². The van der Waals surface area contributed by atoms with Gasteiger partial charge in [0.1, 0.15) is 11.5 Å². The number of rotatable bonds is 4. The van der Waals surface area contributed by atoms with Crippen molar-refractivity contribution in [1.29, 1.82) is 0 Å². The molecule has 1 fully saturated rings. The molecular weight excluding hydrogens is 536 g/mol. The molecule has 2 aliphatic heterocycles. The van der Waals surface area contributed by atoms with E-state index in [2.05, 4.69) is 16.0 Å². The van der Waals surface area contributed by atoms with Gasteiger partial charge in [0.05, 0.1) is 18.0 Å². The molecule has 0 bridgehead atoms. The first-order valence-electron chi connectivity index (χ1n) is 12.2. The number of nitrogens with zero attached hydrogens (tertiary/aromatic N) is 4. The molecule has 0 aliphatic carbocycles. The van der Waals surface area contributed by atoms with E-state index in [4.69, 9.17) is 0 Å². The quantitative estimate of drug-likeness (QED) is 0.372. The van der Waals surface area contributed by atoms with E-state index in [0.29, 0.717) is 31.7 Å². The molecule has 3 aromatic rings. The smallest absolute Gasteiger partial charge is 0.416 e. The number of halogens is 5. The zero-order chi connectivity index (χ0) is 27.0. The Morgan fingerprint density at radius 1 is 0.949 bits per heavy atom. The van der Waals surface area contributed by atoms with Gasteiger partial charge in [0, 0.05) is 43.1 Å². The number of fused-ring (bicyclic) bond motifs is 1. The van der Waals surface area contributed by atoms with Crippen LogP contribution >= 0.6 is 12.4 Å². The minimum absolute atomic E-state index is 0. The van der Waals surface area contributed by atoms with Crippen LogP contribution in [0.5, 0.6) is 0 Å². The van der Waals surface area contributed by atoms with E-state index in [1.165, 1.54) is 29.2 Å². The fourth-order valence-electron chi connectivity index (χ4n) is 5.06. The van der Waals surface area contributed by atoms with Crippen LogP contribution in [0.1, 0.15) is 29.2 Å². The maximum absolute atomic E-state index is 14.9. The van der Waals surface area contributed by atoms with Crippen molar-refractivity contribution in [2.45, 2.75) is 25.6 Å². The number of carboxylic acid groups (broad SMARTS) is 1. The fraction of sp³-hybridized carbons (Fsp3) is 0.286. The second-order valence-electron chi connectivity index (χ2n) is 9.43. The molecule has 1 saturated heterocycles. The van der Waals surface area contributed by atoms with Gasteiger partial charge in [0.25, 0.3) is 0 Å². The Labute approximate surface area is 229 Å². The van der Waals surface area contributed by atoms with Crippen LogP contribution in [-0.4, -0.2) is 48.1 Å². The van der Waals surface area contributed by atoms with Gasteiger partial charge in [-0.15, -0.1) is 12.4 Å². The normalized spacial score (nSPS) is 17.3. The Balaban J connectivity index is 0.00000353. The molecule has 0 spiro atoms. The molecule has 0 radical (unpaired) electrons. The van der Waals surface area contributed by atoms with Gasteiger partial charge in [0.2, 0.25) is 5.96 Å². The summed E-state index contributed by atoms with van der Waals surface area (Å²) < 4.78 is 55.8. The first-order valence-corrected chi connectivity index (χ1v) is 12.2. The molecule has 39 heavy (non-hydrogen) atoms.